The molecular weight excluding hydrogens is 343 g/mol. The highest BCUT2D eigenvalue weighted by molar-refractivity contribution is 5.40. The van der Waals surface area contributed by atoms with E-state index in [1.54, 1.807) is 26.4 Å². The molecule has 2 rings (SSSR count). The molecule has 0 aliphatic heterocycles. The van der Waals surface area contributed by atoms with E-state index in [1.165, 1.54) is 3.57 Å². The van der Waals surface area contributed by atoms with Gasteiger partial charge in [0.05, 0.1) is 14.2 Å². The summed E-state index contributed by atoms with van der Waals surface area (Å²) < 4.78 is 13.0. The zero-order valence-electron chi connectivity index (χ0n) is 10.2. The number of phenols is 1. The molecule has 0 heterocycles. The Bertz CT molecular complexity index is 501. The van der Waals surface area contributed by atoms with Crippen molar-refractivity contribution < 1.29 is 35.8 Å². The number of benzene rings is 2. The standard InChI is InChI=1S/C14H13IO3/c1-17-12-8-11(16)9-13(18-2)14(12)15-10-6-4-3-5-7-10/h3-9H,1-2H3/p+1. The lowest BCUT2D eigenvalue weighted by Gasteiger charge is -2.05. The predicted molar refractivity (Wildman–Crippen MR) is 65.0 cm³/mol. The van der Waals surface area contributed by atoms with Crippen molar-refractivity contribution >= 4 is 0 Å². The molecule has 0 saturated carbocycles. The SMILES string of the molecule is COc1cc(O)cc(OC)c1[I+]c1ccccc1. The second-order valence-corrected chi connectivity index (χ2v) is 6.42. The van der Waals surface area contributed by atoms with Crippen molar-refractivity contribution in [2.45, 2.75) is 0 Å². The molecule has 2 aromatic rings. The number of methoxy groups -OCH3 is 2. The third kappa shape index (κ3) is 2.87. The van der Waals surface area contributed by atoms with E-state index in [-0.39, 0.29) is 5.75 Å². The molecule has 0 spiro atoms. The van der Waals surface area contributed by atoms with Crippen molar-refractivity contribution in [1.29, 1.82) is 0 Å². The summed E-state index contributed by atoms with van der Waals surface area (Å²) in [5.74, 6) is 1.52. The van der Waals surface area contributed by atoms with Gasteiger partial charge in [0.1, 0.15) is 5.75 Å². The summed E-state index contributed by atoms with van der Waals surface area (Å²) in [4.78, 5) is 0. The van der Waals surface area contributed by atoms with Gasteiger partial charge >= 0.3 is 21.2 Å². The Labute approximate surface area is 117 Å². The Morgan fingerprint density at radius 1 is 0.944 bits per heavy atom. The van der Waals surface area contributed by atoms with Crippen LogP contribution in [0.4, 0.5) is 0 Å². The average molecular weight is 357 g/mol. The van der Waals surface area contributed by atoms with Crippen LogP contribution >= 0.6 is 0 Å². The molecule has 1 N–H and O–H groups in total. The van der Waals surface area contributed by atoms with Crippen molar-refractivity contribution in [3.63, 3.8) is 0 Å². The van der Waals surface area contributed by atoms with E-state index in [1.807, 2.05) is 18.2 Å². The minimum atomic E-state index is -0.401. The van der Waals surface area contributed by atoms with Gasteiger partial charge in [0.2, 0.25) is 0 Å². The Balaban J connectivity index is 2.42. The van der Waals surface area contributed by atoms with Crippen LogP contribution in [0.1, 0.15) is 0 Å². The minimum absolute atomic E-state index is 0.157. The molecule has 0 aromatic heterocycles. The fourth-order valence-corrected chi connectivity index (χ4v) is 4.22. The van der Waals surface area contributed by atoms with Crippen molar-refractivity contribution in [2.75, 3.05) is 14.2 Å². The second kappa shape index (κ2) is 5.95. The highest BCUT2D eigenvalue weighted by Gasteiger charge is 2.27. The van der Waals surface area contributed by atoms with E-state index in [9.17, 15) is 5.11 Å². The van der Waals surface area contributed by atoms with E-state index in [2.05, 4.69) is 12.1 Å². The molecule has 0 fully saturated rings. The lowest BCUT2D eigenvalue weighted by atomic mass is 10.3. The predicted octanol–water partition coefficient (Wildman–Crippen LogP) is -0.462. The molecule has 0 bridgehead atoms. The first-order valence-electron chi connectivity index (χ1n) is 5.39. The molecule has 3 nitrogen and oxygen atoms in total. The lowest BCUT2D eigenvalue weighted by Crippen LogP contribution is -3.61. The Morgan fingerprint density at radius 3 is 2.00 bits per heavy atom. The molecular formula is C14H14IO3+. The average Bonchev–Trinajstić information content (AvgIpc) is 2.41. The highest BCUT2D eigenvalue weighted by atomic mass is 127. The van der Waals surface area contributed by atoms with Gasteiger partial charge in [0.25, 0.3) is 3.57 Å². The quantitative estimate of drug-likeness (QED) is 0.753. The largest absolute Gasteiger partial charge is 0.508 e. The van der Waals surface area contributed by atoms with E-state index >= 15 is 0 Å². The summed E-state index contributed by atoms with van der Waals surface area (Å²) in [6.07, 6.45) is 0. The zero-order valence-corrected chi connectivity index (χ0v) is 12.3. The number of hydrogen-bond acceptors (Lipinski definition) is 3. The zero-order chi connectivity index (χ0) is 13.0. The van der Waals surface area contributed by atoms with Crippen LogP contribution in [0.3, 0.4) is 0 Å². The summed E-state index contributed by atoms with van der Waals surface area (Å²) in [5.41, 5.74) is 0. The summed E-state index contributed by atoms with van der Waals surface area (Å²) in [5, 5.41) is 9.60. The van der Waals surface area contributed by atoms with Crippen LogP contribution in [-0.4, -0.2) is 19.3 Å². The monoisotopic (exact) mass is 357 g/mol. The normalized spacial score (nSPS) is 10.1. The van der Waals surface area contributed by atoms with Gasteiger partial charge in [0.15, 0.2) is 15.1 Å². The Hall–Kier alpha value is -1.43. The third-order valence-electron chi connectivity index (χ3n) is 2.37. The number of aromatic hydroxyl groups is 1. The maximum absolute atomic E-state index is 9.60. The third-order valence-corrected chi connectivity index (χ3v) is 5.31. The number of ether oxygens (including phenoxy) is 2. The van der Waals surface area contributed by atoms with Gasteiger partial charge in [-0.15, -0.1) is 0 Å². The van der Waals surface area contributed by atoms with Crippen LogP contribution < -0.4 is 30.7 Å². The molecule has 18 heavy (non-hydrogen) atoms. The Kier molecular flexibility index (Phi) is 4.30. The van der Waals surface area contributed by atoms with E-state index < -0.39 is 21.2 Å². The van der Waals surface area contributed by atoms with Gasteiger partial charge < -0.3 is 14.6 Å². The van der Waals surface area contributed by atoms with Crippen LogP contribution in [0, 0.1) is 7.14 Å². The summed E-state index contributed by atoms with van der Waals surface area (Å²) in [6.45, 7) is 0. The molecule has 94 valence electrons. The summed E-state index contributed by atoms with van der Waals surface area (Å²) >= 11 is -0.401. The first kappa shape index (κ1) is 13.0. The lowest BCUT2D eigenvalue weighted by molar-refractivity contribution is -0.598. The number of rotatable bonds is 4. The van der Waals surface area contributed by atoms with E-state index in [0.29, 0.717) is 11.5 Å². The molecule has 0 aliphatic rings. The summed E-state index contributed by atoms with van der Waals surface area (Å²) in [6, 6.07) is 13.5. The smallest absolute Gasteiger partial charge is 0.366 e. The van der Waals surface area contributed by atoms with Crippen molar-refractivity contribution in [1.82, 2.24) is 0 Å². The fourth-order valence-electron chi connectivity index (χ4n) is 1.54. The molecule has 2 aromatic carbocycles. The van der Waals surface area contributed by atoms with Gasteiger partial charge in [-0.3, -0.25) is 0 Å². The minimum Gasteiger partial charge on any atom is -0.508 e. The molecule has 0 unspecified atom stereocenters. The van der Waals surface area contributed by atoms with Gasteiger partial charge in [-0.2, -0.15) is 0 Å². The van der Waals surface area contributed by atoms with Crippen molar-refractivity contribution in [3.8, 4) is 17.2 Å². The first-order valence-corrected chi connectivity index (χ1v) is 7.55. The first-order chi connectivity index (χ1) is 8.74. The number of hydrogen-bond donors (Lipinski definition) is 1. The van der Waals surface area contributed by atoms with Gasteiger partial charge in [0, 0.05) is 12.1 Å². The summed E-state index contributed by atoms with van der Waals surface area (Å²) in [7, 11) is 3.21. The van der Waals surface area contributed by atoms with Crippen molar-refractivity contribution in [3.05, 3.63) is 49.6 Å². The molecule has 4 heteroatoms. The van der Waals surface area contributed by atoms with Crippen LogP contribution in [0.15, 0.2) is 42.5 Å². The number of phenolic OH excluding ortho intramolecular Hbond substituents is 1. The van der Waals surface area contributed by atoms with Crippen LogP contribution in [0.25, 0.3) is 0 Å². The van der Waals surface area contributed by atoms with Gasteiger partial charge in [-0.25, -0.2) is 0 Å². The maximum Gasteiger partial charge on any atom is 0.366 e. The molecule has 0 atom stereocenters. The van der Waals surface area contributed by atoms with Gasteiger partial charge in [-0.1, -0.05) is 18.2 Å². The molecule has 0 saturated heterocycles. The highest BCUT2D eigenvalue weighted by Crippen LogP contribution is 2.26. The van der Waals surface area contributed by atoms with E-state index in [0.717, 1.165) is 3.57 Å². The topological polar surface area (TPSA) is 38.7 Å². The molecule has 0 radical (unpaired) electrons. The van der Waals surface area contributed by atoms with Crippen molar-refractivity contribution in [2.24, 2.45) is 0 Å². The van der Waals surface area contributed by atoms with E-state index in [4.69, 9.17) is 9.47 Å². The van der Waals surface area contributed by atoms with Crippen LogP contribution in [0.2, 0.25) is 0 Å². The van der Waals surface area contributed by atoms with Crippen LogP contribution in [-0.2, 0) is 0 Å². The maximum atomic E-state index is 9.60. The van der Waals surface area contributed by atoms with Crippen LogP contribution in [0.5, 0.6) is 17.2 Å². The Morgan fingerprint density at radius 2 is 1.50 bits per heavy atom. The number of halogens is 1. The van der Waals surface area contributed by atoms with Gasteiger partial charge in [-0.05, 0) is 12.1 Å². The fraction of sp³-hybridized carbons (Fsp3) is 0.143. The molecule has 0 amide bonds. The second-order valence-electron chi connectivity index (χ2n) is 3.55. The molecule has 0 aliphatic carbocycles.